The van der Waals surface area contributed by atoms with E-state index in [1.54, 1.807) is 0 Å². The van der Waals surface area contributed by atoms with Crippen LogP contribution in [-0.4, -0.2) is 7.28 Å². The Kier molecular flexibility index (Phi) is 8.85. The van der Waals surface area contributed by atoms with Gasteiger partial charge in [-0.1, -0.05) is 135 Å². The van der Waals surface area contributed by atoms with Crippen LogP contribution in [0.3, 0.4) is 0 Å². The zero-order valence-electron chi connectivity index (χ0n) is 33.4. The van der Waals surface area contributed by atoms with E-state index in [1.807, 2.05) is 11.3 Å². The number of nitrogens with one attached hydrogen (secondary N) is 1. The van der Waals surface area contributed by atoms with E-state index < -0.39 is 0 Å². The van der Waals surface area contributed by atoms with Crippen molar-refractivity contribution < 1.29 is 4.42 Å². The monoisotopic (exact) mass is 778 g/mol. The number of hydrogen-bond acceptors (Lipinski definition) is 4. The fourth-order valence-corrected chi connectivity index (χ4v) is 10.5. The van der Waals surface area contributed by atoms with Crippen molar-refractivity contribution in [3.8, 4) is 22.3 Å². The first-order valence-corrected chi connectivity index (χ1v) is 21.8. The smallest absolute Gasteiger partial charge is 0.211 e. The van der Waals surface area contributed by atoms with E-state index in [-0.39, 0.29) is 0 Å². The second-order valence-electron chi connectivity index (χ2n) is 16.0. The molecule has 0 spiro atoms. The number of nitrogens with zero attached hydrogens (tertiary/aromatic N) is 1. The summed E-state index contributed by atoms with van der Waals surface area (Å²) in [6, 6.07) is 60.2. The Morgan fingerprint density at radius 1 is 0.627 bits per heavy atom. The van der Waals surface area contributed by atoms with Crippen molar-refractivity contribution >= 4 is 100 Å². The van der Waals surface area contributed by atoms with Gasteiger partial charge in [0.15, 0.2) is 0 Å². The number of fused-ring (bicyclic) bond motifs is 8. The number of unbranched alkanes of at least 4 members (excludes halogenated alkanes) is 2. The molecule has 59 heavy (non-hydrogen) atoms. The van der Waals surface area contributed by atoms with Crippen molar-refractivity contribution in [2.24, 2.45) is 0 Å². The van der Waals surface area contributed by atoms with Gasteiger partial charge in [0.1, 0.15) is 11.2 Å². The molecule has 3 nitrogen and oxygen atoms in total. The van der Waals surface area contributed by atoms with E-state index in [4.69, 9.17) is 4.42 Å². The summed E-state index contributed by atoms with van der Waals surface area (Å²) < 4.78 is 9.34. The lowest BCUT2D eigenvalue weighted by molar-refractivity contribution is 0.669. The largest absolute Gasteiger partial charge is 0.456 e. The van der Waals surface area contributed by atoms with Gasteiger partial charge in [0, 0.05) is 49.0 Å². The minimum Gasteiger partial charge on any atom is -0.456 e. The van der Waals surface area contributed by atoms with Gasteiger partial charge in [-0.05, 0) is 112 Å². The molecule has 1 aliphatic rings. The van der Waals surface area contributed by atoms with Crippen LogP contribution in [0.25, 0.3) is 65.1 Å². The molecule has 0 fully saturated rings. The van der Waals surface area contributed by atoms with Crippen molar-refractivity contribution in [3.05, 3.63) is 175 Å². The molecule has 284 valence electrons. The highest BCUT2D eigenvalue weighted by Gasteiger charge is 2.34. The topological polar surface area (TPSA) is 28.4 Å². The maximum Gasteiger partial charge on any atom is 0.211 e. The van der Waals surface area contributed by atoms with Crippen molar-refractivity contribution in [1.82, 2.24) is 0 Å². The average molecular weight is 779 g/mol. The van der Waals surface area contributed by atoms with E-state index in [0.29, 0.717) is 0 Å². The standard InChI is InChI=1S/C54H43BN2OS/c1-3-4-6-15-35-26-29-46(42(30-35)36-16-7-5-8-17-36)57-47-31-37-18-9-10-19-39(37)51(52(47)55-54-53(57)41-21-12-14-23-50(41)59-54)44-33-49-43(40-20-11-13-22-48(40)58-49)32-45(44)56-38-27-24-34(2)25-28-38/h5,7-14,16-33,55-56H,3-4,6,15H2,1-2H3. The molecule has 2 aromatic heterocycles. The SMILES string of the molecule is CCCCCc1ccc(N2c3cc4ccccc4c(-c4cc5oc6ccccc6c5cc4Nc4ccc(C)cc4)c3Bc3sc4ccccc4c32)c(-c2ccccc2)c1. The van der Waals surface area contributed by atoms with Crippen molar-refractivity contribution in [1.29, 1.82) is 0 Å². The third-order valence-corrected chi connectivity index (χ3v) is 13.3. The molecule has 8 aromatic carbocycles. The molecule has 0 saturated carbocycles. The summed E-state index contributed by atoms with van der Waals surface area (Å²) in [5, 5.41) is 9.86. The Balaban J connectivity index is 1.22. The number of benzene rings is 8. The number of para-hydroxylation sites is 1. The number of anilines is 5. The first-order valence-electron chi connectivity index (χ1n) is 20.9. The van der Waals surface area contributed by atoms with Gasteiger partial charge in [-0.2, -0.15) is 0 Å². The van der Waals surface area contributed by atoms with Crippen LogP contribution in [0.5, 0.6) is 0 Å². The molecule has 5 heteroatoms. The van der Waals surface area contributed by atoms with Gasteiger partial charge in [-0.3, -0.25) is 0 Å². The van der Waals surface area contributed by atoms with E-state index in [1.165, 1.54) is 95.2 Å². The zero-order chi connectivity index (χ0) is 39.5. The van der Waals surface area contributed by atoms with Gasteiger partial charge in [-0.25, -0.2) is 0 Å². The van der Waals surface area contributed by atoms with Gasteiger partial charge < -0.3 is 14.6 Å². The normalized spacial score (nSPS) is 12.3. The summed E-state index contributed by atoms with van der Waals surface area (Å²) in [4.78, 5) is 2.61. The van der Waals surface area contributed by atoms with E-state index in [9.17, 15) is 0 Å². The summed E-state index contributed by atoms with van der Waals surface area (Å²) in [6.45, 7) is 4.42. The molecule has 3 heterocycles. The lowest BCUT2D eigenvalue weighted by Crippen LogP contribution is -2.39. The van der Waals surface area contributed by atoms with Crippen molar-refractivity contribution in [2.45, 2.75) is 39.5 Å². The molecule has 0 atom stereocenters. The minimum absolute atomic E-state index is 0.818. The molecule has 0 unspecified atom stereocenters. The summed E-state index contributed by atoms with van der Waals surface area (Å²) in [5.74, 6) is 0. The highest BCUT2D eigenvalue weighted by Crippen LogP contribution is 2.49. The van der Waals surface area contributed by atoms with Crippen LogP contribution in [0, 0.1) is 6.92 Å². The van der Waals surface area contributed by atoms with Gasteiger partial charge in [0.2, 0.25) is 7.28 Å². The van der Waals surface area contributed by atoms with Gasteiger partial charge >= 0.3 is 0 Å². The Morgan fingerprint density at radius 2 is 1.39 bits per heavy atom. The second-order valence-corrected chi connectivity index (χ2v) is 17.1. The average Bonchev–Trinajstić information content (AvgIpc) is 3.83. The Labute approximate surface area is 349 Å². The van der Waals surface area contributed by atoms with Crippen LogP contribution in [0.1, 0.15) is 37.3 Å². The van der Waals surface area contributed by atoms with E-state index >= 15 is 0 Å². The van der Waals surface area contributed by atoms with E-state index in [2.05, 4.69) is 188 Å². The number of hydrogen-bond donors (Lipinski definition) is 1. The van der Waals surface area contributed by atoms with Crippen LogP contribution >= 0.6 is 11.3 Å². The molecule has 0 amide bonds. The number of rotatable bonds is 9. The number of furan rings is 1. The molecule has 1 aliphatic heterocycles. The Hall–Kier alpha value is -6.56. The highest BCUT2D eigenvalue weighted by atomic mass is 32.1. The maximum atomic E-state index is 6.65. The van der Waals surface area contributed by atoms with E-state index in [0.717, 1.165) is 52.6 Å². The quantitative estimate of drug-likeness (QED) is 0.117. The molecule has 10 aromatic rings. The van der Waals surface area contributed by atoms with Crippen LogP contribution < -0.4 is 20.5 Å². The molecule has 0 radical (unpaired) electrons. The predicted molar refractivity (Wildman–Crippen MR) is 256 cm³/mol. The molecular weight excluding hydrogens is 735 g/mol. The molecule has 0 bridgehead atoms. The number of aryl methyl sites for hydroxylation is 2. The fraction of sp³-hybridized carbons (Fsp3) is 0.111. The third kappa shape index (κ3) is 6.20. The minimum atomic E-state index is 0.818. The van der Waals surface area contributed by atoms with Crippen LogP contribution in [-0.2, 0) is 6.42 Å². The van der Waals surface area contributed by atoms with Gasteiger partial charge in [-0.15, -0.1) is 11.3 Å². The third-order valence-electron chi connectivity index (χ3n) is 12.1. The van der Waals surface area contributed by atoms with Crippen molar-refractivity contribution in [2.75, 3.05) is 10.2 Å². The predicted octanol–water partition coefficient (Wildman–Crippen LogP) is 14.2. The second kappa shape index (κ2) is 14.7. The summed E-state index contributed by atoms with van der Waals surface area (Å²) in [6.07, 6.45) is 4.72. The van der Waals surface area contributed by atoms with Crippen LogP contribution in [0.2, 0.25) is 0 Å². The Morgan fingerprint density at radius 3 is 2.24 bits per heavy atom. The summed E-state index contributed by atoms with van der Waals surface area (Å²) in [7, 11) is 0.818. The maximum absolute atomic E-state index is 6.65. The zero-order valence-corrected chi connectivity index (χ0v) is 34.2. The number of thiophene rings is 1. The molecule has 1 N–H and O–H groups in total. The first-order chi connectivity index (χ1) is 29.1. The molecule has 0 saturated heterocycles. The van der Waals surface area contributed by atoms with Gasteiger partial charge in [0.05, 0.1) is 11.4 Å². The lowest BCUT2D eigenvalue weighted by Gasteiger charge is -2.35. The van der Waals surface area contributed by atoms with Crippen molar-refractivity contribution in [3.63, 3.8) is 0 Å². The molecule has 11 rings (SSSR count). The first kappa shape index (κ1) is 35.6. The molecule has 0 aliphatic carbocycles. The summed E-state index contributed by atoms with van der Waals surface area (Å²) >= 11 is 1.93. The highest BCUT2D eigenvalue weighted by molar-refractivity contribution is 7.29. The van der Waals surface area contributed by atoms with Crippen LogP contribution in [0.4, 0.5) is 28.4 Å². The van der Waals surface area contributed by atoms with Crippen LogP contribution in [0.15, 0.2) is 168 Å². The summed E-state index contributed by atoms with van der Waals surface area (Å²) in [5.41, 5.74) is 16.4. The molecular formula is C54H43BN2OS. The van der Waals surface area contributed by atoms with Gasteiger partial charge in [0.25, 0.3) is 0 Å². The fourth-order valence-electron chi connectivity index (χ4n) is 9.28. The lowest BCUT2D eigenvalue weighted by atomic mass is 9.61. The Bertz CT molecular complexity index is 3200.